The summed E-state index contributed by atoms with van der Waals surface area (Å²) in [5.74, 6) is 0. The molecular weight excluding hydrogens is 264 g/mol. The number of nitrogens with two attached hydrogens (primary N) is 1. The first kappa shape index (κ1) is 22.7. The monoisotopic (exact) mass is 302 g/mol. The molecule has 21 heavy (non-hydrogen) atoms. The van der Waals surface area contributed by atoms with E-state index < -0.39 is 0 Å². The molecule has 0 amide bonds. The number of hydrogen-bond donors (Lipinski definition) is 2. The van der Waals surface area contributed by atoms with Gasteiger partial charge in [0.15, 0.2) is 0 Å². The second kappa shape index (κ2) is 12.0. The van der Waals surface area contributed by atoms with Gasteiger partial charge in [0.1, 0.15) is 0 Å². The first-order valence-corrected chi connectivity index (χ1v) is 8.12. The minimum absolute atomic E-state index is 0.185. The van der Waals surface area contributed by atoms with E-state index in [-0.39, 0.29) is 11.2 Å². The van der Waals surface area contributed by atoms with Gasteiger partial charge in [0.2, 0.25) is 0 Å². The molecule has 0 aromatic heterocycles. The van der Waals surface area contributed by atoms with Crippen LogP contribution in [0.3, 0.4) is 0 Å². The highest BCUT2D eigenvalue weighted by molar-refractivity contribution is 4.91. The summed E-state index contributed by atoms with van der Waals surface area (Å²) in [5.41, 5.74) is 6.10. The van der Waals surface area contributed by atoms with Crippen LogP contribution in [0, 0.1) is 0 Å². The lowest BCUT2D eigenvalue weighted by molar-refractivity contribution is -0.0687. The molecule has 4 nitrogen and oxygen atoms in total. The van der Waals surface area contributed by atoms with Crippen molar-refractivity contribution in [2.75, 3.05) is 26.3 Å². The third kappa shape index (κ3) is 14.1. The Morgan fingerprint density at radius 3 is 2.05 bits per heavy atom. The Kier molecular flexibility index (Phi) is 13.0. The van der Waals surface area contributed by atoms with Gasteiger partial charge in [-0.15, -0.1) is 0 Å². The van der Waals surface area contributed by atoms with Gasteiger partial charge in [0, 0.05) is 18.8 Å². The zero-order valence-electron chi connectivity index (χ0n) is 15.3. The van der Waals surface area contributed by atoms with E-state index in [2.05, 4.69) is 46.5 Å². The van der Waals surface area contributed by atoms with E-state index in [1.54, 1.807) is 0 Å². The molecule has 3 N–H and O–H groups in total. The zero-order chi connectivity index (χ0) is 16.9. The predicted octanol–water partition coefficient (Wildman–Crippen LogP) is 3.47. The summed E-state index contributed by atoms with van der Waals surface area (Å²) in [6.45, 7) is 20.9. The van der Waals surface area contributed by atoms with Crippen molar-refractivity contribution >= 4 is 0 Å². The molecule has 0 aliphatic carbocycles. The maximum absolute atomic E-state index is 5.93. The number of rotatable bonds is 11. The van der Waals surface area contributed by atoms with Crippen LogP contribution in [0.5, 0.6) is 0 Å². The van der Waals surface area contributed by atoms with Crippen LogP contribution in [-0.4, -0.2) is 37.5 Å². The largest absolute Gasteiger partial charge is 0.386 e. The fraction of sp³-hybridized carbons (Fsp3) is 0.882. The molecule has 0 heterocycles. The molecule has 0 saturated carbocycles. The second-order valence-electron chi connectivity index (χ2n) is 6.07. The number of hydrogen-bond acceptors (Lipinski definition) is 4. The molecule has 0 aliphatic rings. The van der Waals surface area contributed by atoms with Gasteiger partial charge in [-0.2, -0.15) is 0 Å². The van der Waals surface area contributed by atoms with Crippen molar-refractivity contribution in [3.8, 4) is 0 Å². The minimum atomic E-state index is -0.206. The van der Waals surface area contributed by atoms with Gasteiger partial charge in [-0.3, -0.25) is 0 Å². The van der Waals surface area contributed by atoms with Crippen LogP contribution in [0.25, 0.3) is 0 Å². The molecule has 0 unspecified atom stereocenters. The molecular formula is C17H38N2O2. The lowest BCUT2D eigenvalue weighted by atomic mass is 10.1. The molecule has 4 heteroatoms. The highest BCUT2D eigenvalue weighted by Crippen LogP contribution is 2.17. The molecule has 0 aromatic rings. The fourth-order valence-corrected chi connectivity index (χ4v) is 1.49. The molecule has 0 aliphatic heterocycles. The Balaban J connectivity index is 0. The van der Waals surface area contributed by atoms with E-state index in [0.717, 1.165) is 25.1 Å². The van der Waals surface area contributed by atoms with Crippen molar-refractivity contribution < 1.29 is 9.47 Å². The van der Waals surface area contributed by atoms with Gasteiger partial charge in [-0.05, 0) is 40.5 Å². The molecule has 128 valence electrons. The van der Waals surface area contributed by atoms with Crippen LogP contribution in [0.1, 0.15) is 61.3 Å². The first-order valence-electron chi connectivity index (χ1n) is 8.12. The molecule has 0 spiro atoms. The van der Waals surface area contributed by atoms with Gasteiger partial charge in [-0.1, -0.05) is 27.4 Å². The standard InChI is InChI=1S/C15H32N2O2.C2H6/c1-7-13(2)17-12-15(5,6)18-10-8-14(3,4)19-11-9-16;1-2/h17H,2,7-12,16H2,1,3-6H3;1-2H3. The van der Waals surface area contributed by atoms with E-state index in [9.17, 15) is 0 Å². The normalized spacial score (nSPS) is 11.6. The van der Waals surface area contributed by atoms with Crippen LogP contribution >= 0.6 is 0 Å². The highest BCUT2D eigenvalue weighted by atomic mass is 16.5. The summed E-state index contributed by atoms with van der Waals surface area (Å²) in [4.78, 5) is 0. The second-order valence-corrected chi connectivity index (χ2v) is 6.07. The summed E-state index contributed by atoms with van der Waals surface area (Å²) in [5, 5.41) is 3.29. The molecule has 0 atom stereocenters. The molecule has 0 saturated heterocycles. The zero-order valence-corrected chi connectivity index (χ0v) is 15.3. The molecule has 0 radical (unpaired) electrons. The Hall–Kier alpha value is -0.580. The lowest BCUT2D eigenvalue weighted by Gasteiger charge is -2.30. The Bertz CT molecular complexity index is 264. The van der Waals surface area contributed by atoms with Crippen LogP contribution in [0.4, 0.5) is 0 Å². The predicted molar refractivity (Wildman–Crippen MR) is 92.5 cm³/mol. The Morgan fingerprint density at radius 2 is 1.57 bits per heavy atom. The third-order valence-corrected chi connectivity index (χ3v) is 3.00. The summed E-state index contributed by atoms with van der Waals surface area (Å²) >= 11 is 0. The molecule has 0 fully saturated rings. The van der Waals surface area contributed by atoms with E-state index in [1.165, 1.54) is 0 Å². The fourth-order valence-electron chi connectivity index (χ4n) is 1.49. The average Bonchev–Trinajstić information content (AvgIpc) is 2.44. The third-order valence-electron chi connectivity index (χ3n) is 3.00. The van der Waals surface area contributed by atoms with Crippen LogP contribution in [0.15, 0.2) is 12.3 Å². The number of ether oxygens (including phenoxy) is 2. The van der Waals surface area contributed by atoms with Crippen molar-refractivity contribution in [2.45, 2.75) is 72.5 Å². The molecule has 0 bridgehead atoms. The minimum Gasteiger partial charge on any atom is -0.386 e. The van der Waals surface area contributed by atoms with Crippen LogP contribution in [-0.2, 0) is 9.47 Å². The number of nitrogens with one attached hydrogen (secondary N) is 1. The van der Waals surface area contributed by atoms with E-state index >= 15 is 0 Å². The maximum atomic E-state index is 5.93. The van der Waals surface area contributed by atoms with Crippen molar-refractivity contribution in [3.05, 3.63) is 12.3 Å². The van der Waals surface area contributed by atoms with Crippen molar-refractivity contribution in [1.29, 1.82) is 0 Å². The van der Waals surface area contributed by atoms with Crippen LogP contribution in [0.2, 0.25) is 0 Å². The quantitative estimate of drug-likeness (QED) is 0.613. The highest BCUT2D eigenvalue weighted by Gasteiger charge is 2.22. The molecule has 0 aromatic carbocycles. The van der Waals surface area contributed by atoms with Gasteiger partial charge in [0.25, 0.3) is 0 Å². The van der Waals surface area contributed by atoms with Gasteiger partial charge < -0.3 is 20.5 Å². The molecule has 0 rings (SSSR count). The number of allylic oxidation sites excluding steroid dienone is 1. The SMILES string of the molecule is C=C(CC)NCC(C)(C)OCCC(C)(C)OCCN.CC. The van der Waals surface area contributed by atoms with Crippen molar-refractivity contribution in [3.63, 3.8) is 0 Å². The topological polar surface area (TPSA) is 56.5 Å². The lowest BCUT2D eigenvalue weighted by Crippen LogP contribution is -2.38. The van der Waals surface area contributed by atoms with E-state index in [1.807, 2.05) is 13.8 Å². The van der Waals surface area contributed by atoms with Crippen molar-refractivity contribution in [2.24, 2.45) is 5.73 Å². The van der Waals surface area contributed by atoms with E-state index in [0.29, 0.717) is 19.8 Å². The smallest absolute Gasteiger partial charge is 0.0797 e. The summed E-state index contributed by atoms with van der Waals surface area (Å²) in [6, 6.07) is 0. The van der Waals surface area contributed by atoms with E-state index in [4.69, 9.17) is 15.2 Å². The summed E-state index contributed by atoms with van der Waals surface area (Å²) < 4.78 is 11.6. The summed E-state index contributed by atoms with van der Waals surface area (Å²) in [6.07, 6.45) is 1.79. The van der Waals surface area contributed by atoms with Gasteiger partial charge in [0.05, 0.1) is 24.4 Å². The van der Waals surface area contributed by atoms with Crippen LogP contribution < -0.4 is 11.1 Å². The average molecular weight is 303 g/mol. The first-order chi connectivity index (χ1) is 9.72. The van der Waals surface area contributed by atoms with Gasteiger partial charge in [-0.25, -0.2) is 0 Å². The Morgan fingerprint density at radius 1 is 1.05 bits per heavy atom. The summed E-state index contributed by atoms with van der Waals surface area (Å²) in [7, 11) is 0. The Labute approximate surface area is 132 Å². The van der Waals surface area contributed by atoms with Gasteiger partial charge >= 0.3 is 0 Å². The van der Waals surface area contributed by atoms with Crippen molar-refractivity contribution in [1.82, 2.24) is 5.32 Å². The maximum Gasteiger partial charge on any atom is 0.0797 e.